The largest absolute Gasteiger partial charge is 0.457 e. The summed E-state index contributed by atoms with van der Waals surface area (Å²) in [7, 11) is 0. The van der Waals surface area contributed by atoms with E-state index in [1.165, 1.54) is 30.5 Å². The summed E-state index contributed by atoms with van der Waals surface area (Å²) >= 11 is 0. The van der Waals surface area contributed by atoms with Crippen molar-refractivity contribution in [2.24, 2.45) is 0 Å². The molecule has 0 unspecified atom stereocenters. The molecule has 2 rings (SSSR count). The number of pyridine rings is 1. The molecule has 1 N–H and O–H groups in total. The smallest absolute Gasteiger partial charge is 0.269 e. The minimum absolute atomic E-state index is 0.00533. The van der Waals surface area contributed by atoms with Gasteiger partial charge in [0.25, 0.3) is 11.2 Å². The van der Waals surface area contributed by atoms with Crippen LogP contribution in [0, 0.1) is 17.0 Å². The molecule has 1 heterocycles. The standard InChI is InChI=1S/C12H10N2O4/c1-8-6-9(14(16)17)2-3-11(8)18-10-4-5-13-12(15)7-10/h2-7H,1H3,(H,13,15). The topological polar surface area (TPSA) is 85.2 Å². The molecule has 0 aliphatic heterocycles. The maximum atomic E-state index is 11.1. The molecule has 1 aromatic carbocycles. The number of ether oxygens (including phenoxy) is 1. The van der Waals surface area contributed by atoms with Gasteiger partial charge in [-0.25, -0.2) is 0 Å². The van der Waals surface area contributed by atoms with E-state index in [9.17, 15) is 14.9 Å². The zero-order chi connectivity index (χ0) is 13.1. The molecule has 18 heavy (non-hydrogen) atoms. The van der Waals surface area contributed by atoms with Gasteiger partial charge < -0.3 is 9.72 Å². The molecule has 0 spiro atoms. The van der Waals surface area contributed by atoms with Crippen molar-refractivity contribution < 1.29 is 9.66 Å². The van der Waals surface area contributed by atoms with Crippen LogP contribution in [0.2, 0.25) is 0 Å². The summed E-state index contributed by atoms with van der Waals surface area (Å²) in [5, 5.41) is 10.6. The van der Waals surface area contributed by atoms with Gasteiger partial charge in [0.15, 0.2) is 0 Å². The van der Waals surface area contributed by atoms with E-state index in [0.717, 1.165) is 0 Å². The lowest BCUT2D eigenvalue weighted by Crippen LogP contribution is -2.02. The van der Waals surface area contributed by atoms with Crippen LogP contribution in [0.1, 0.15) is 5.56 Å². The molecule has 1 aromatic heterocycles. The first kappa shape index (κ1) is 11.8. The molecule has 0 saturated carbocycles. The number of aryl methyl sites for hydroxylation is 1. The highest BCUT2D eigenvalue weighted by Crippen LogP contribution is 2.27. The van der Waals surface area contributed by atoms with Crippen LogP contribution in [0.25, 0.3) is 0 Å². The molecule has 2 aromatic rings. The fourth-order valence-electron chi connectivity index (χ4n) is 1.48. The Morgan fingerprint density at radius 3 is 2.67 bits per heavy atom. The van der Waals surface area contributed by atoms with Gasteiger partial charge in [0.05, 0.1) is 4.92 Å². The number of nitrogens with zero attached hydrogens (tertiary/aromatic N) is 1. The van der Waals surface area contributed by atoms with Crippen LogP contribution < -0.4 is 10.3 Å². The molecule has 0 bridgehead atoms. The Balaban J connectivity index is 2.30. The van der Waals surface area contributed by atoms with Crippen LogP contribution in [-0.2, 0) is 0 Å². The van der Waals surface area contributed by atoms with Crippen molar-refractivity contribution in [3.05, 3.63) is 62.6 Å². The molecule has 0 atom stereocenters. The summed E-state index contributed by atoms with van der Waals surface area (Å²) in [5.74, 6) is 0.863. The number of non-ortho nitro benzene ring substituents is 1. The van der Waals surface area contributed by atoms with Gasteiger partial charge in [-0.3, -0.25) is 14.9 Å². The van der Waals surface area contributed by atoms with Crippen molar-refractivity contribution in [3.63, 3.8) is 0 Å². The fourth-order valence-corrected chi connectivity index (χ4v) is 1.48. The van der Waals surface area contributed by atoms with E-state index >= 15 is 0 Å². The number of rotatable bonds is 3. The Hall–Kier alpha value is -2.63. The van der Waals surface area contributed by atoms with Crippen molar-refractivity contribution >= 4 is 5.69 Å². The van der Waals surface area contributed by atoms with Crippen LogP contribution in [0.3, 0.4) is 0 Å². The zero-order valence-electron chi connectivity index (χ0n) is 9.54. The Morgan fingerprint density at radius 1 is 1.28 bits per heavy atom. The maximum absolute atomic E-state index is 11.1. The average molecular weight is 246 g/mol. The van der Waals surface area contributed by atoms with Crippen molar-refractivity contribution in [2.75, 3.05) is 0 Å². The molecule has 0 aliphatic carbocycles. The lowest BCUT2D eigenvalue weighted by Gasteiger charge is -2.07. The summed E-state index contributed by atoms with van der Waals surface area (Å²) in [5.41, 5.74) is 0.363. The van der Waals surface area contributed by atoms with Crippen molar-refractivity contribution in [3.8, 4) is 11.5 Å². The average Bonchev–Trinajstić information content (AvgIpc) is 2.31. The number of H-pyrrole nitrogens is 1. The molecular weight excluding hydrogens is 236 g/mol. The molecule has 0 amide bonds. The molecular formula is C12H10N2O4. The highest BCUT2D eigenvalue weighted by molar-refractivity contribution is 5.44. The van der Waals surface area contributed by atoms with E-state index < -0.39 is 4.92 Å². The molecule has 92 valence electrons. The van der Waals surface area contributed by atoms with Gasteiger partial charge in [0.2, 0.25) is 0 Å². The first-order chi connectivity index (χ1) is 8.56. The SMILES string of the molecule is Cc1cc([N+](=O)[O-])ccc1Oc1cc[nH]c(=O)c1. The molecule has 0 saturated heterocycles. The van der Waals surface area contributed by atoms with Crippen molar-refractivity contribution in [1.29, 1.82) is 0 Å². The second-order valence-electron chi connectivity index (χ2n) is 3.70. The van der Waals surface area contributed by atoms with Crippen molar-refractivity contribution in [1.82, 2.24) is 4.98 Å². The Morgan fingerprint density at radius 2 is 2.06 bits per heavy atom. The van der Waals surface area contributed by atoms with Gasteiger partial charge in [-0.2, -0.15) is 0 Å². The van der Waals surface area contributed by atoms with Crippen LogP contribution >= 0.6 is 0 Å². The zero-order valence-corrected chi connectivity index (χ0v) is 9.54. The van der Waals surface area contributed by atoms with Gasteiger partial charge in [0, 0.05) is 24.4 Å². The monoisotopic (exact) mass is 246 g/mol. The summed E-state index contributed by atoms with van der Waals surface area (Å²) < 4.78 is 5.48. The van der Waals surface area contributed by atoms with E-state index in [1.54, 1.807) is 13.0 Å². The lowest BCUT2D eigenvalue weighted by molar-refractivity contribution is -0.384. The summed E-state index contributed by atoms with van der Waals surface area (Å²) in [6.07, 6.45) is 1.47. The summed E-state index contributed by atoms with van der Waals surface area (Å²) in [4.78, 5) is 23.7. The third-order valence-corrected chi connectivity index (χ3v) is 2.34. The third kappa shape index (κ3) is 2.54. The van der Waals surface area contributed by atoms with E-state index in [2.05, 4.69) is 4.98 Å². The van der Waals surface area contributed by atoms with E-state index in [1.807, 2.05) is 0 Å². The number of aromatic amines is 1. The minimum Gasteiger partial charge on any atom is -0.457 e. The quantitative estimate of drug-likeness (QED) is 0.665. The number of benzene rings is 1. The number of aromatic nitrogens is 1. The second kappa shape index (κ2) is 4.70. The van der Waals surface area contributed by atoms with Crippen LogP contribution in [0.5, 0.6) is 11.5 Å². The fraction of sp³-hybridized carbons (Fsp3) is 0.0833. The van der Waals surface area contributed by atoms with Crippen LogP contribution in [0.4, 0.5) is 5.69 Å². The molecule has 6 nitrogen and oxygen atoms in total. The van der Waals surface area contributed by atoms with Gasteiger partial charge in [0.1, 0.15) is 11.5 Å². The van der Waals surface area contributed by atoms with E-state index in [-0.39, 0.29) is 11.2 Å². The van der Waals surface area contributed by atoms with E-state index in [4.69, 9.17) is 4.74 Å². The van der Waals surface area contributed by atoms with Gasteiger partial charge in [-0.1, -0.05) is 0 Å². The summed E-state index contributed by atoms with van der Waals surface area (Å²) in [6.45, 7) is 1.70. The number of nitro benzene ring substituents is 1. The predicted octanol–water partition coefficient (Wildman–Crippen LogP) is 2.38. The molecule has 6 heteroatoms. The third-order valence-electron chi connectivity index (χ3n) is 2.34. The Bertz CT molecular complexity index is 649. The van der Waals surface area contributed by atoms with Gasteiger partial charge >= 0.3 is 0 Å². The normalized spacial score (nSPS) is 10.1. The van der Waals surface area contributed by atoms with Gasteiger partial charge in [-0.15, -0.1) is 0 Å². The van der Waals surface area contributed by atoms with Crippen LogP contribution in [0.15, 0.2) is 41.3 Å². The first-order valence-corrected chi connectivity index (χ1v) is 5.18. The number of nitro groups is 1. The van der Waals surface area contributed by atoms with Crippen LogP contribution in [-0.4, -0.2) is 9.91 Å². The highest BCUT2D eigenvalue weighted by atomic mass is 16.6. The number of hydrogen-bond acceptors (Lipinski definition) is 4. The van der Waals surface area contributed by atoms with Gasteiger partial charge in [-0.05, 0) is 24.6 Å². The maximum Gasteiger partial charge on any atom is 0.269 e. The minimum atomic E-state index is -0.468. The second-order valence-corrected chi connectivity index (χ2v) is 3.70. The molecule has 0 fully saturated rings. The number of nitrogens with one attached hydrogen (secondary N) is 1. The lowest BCUT2D eigenvalue weighted by atomic mass is 10.2. The highest BCUT2D eigenvalue weighted by Gasteiger charge is 2.09. The van der Waals surface area contributed by atoms with E-state index in [0.29, 0.717) is 17.1 Å². The molecule has 0 radical (unpaired) electrons. The first-order valence-electron chi connectivity index (χ1n) is 5.18. The molecule has 0 aliphatic rings. The summed E-state index contributed by atoms with van der Waals surface area (Å²) in [6, 6.07) is 7.19. The number of hydrogen-bond donors (Lipinski definition) is 1. The Kier molecular flexibility index (Phi) is 3.09. The van der Waals surface area contributed by atoms with Crippen molar-refractivity contribution in [2.45, 2.75) is 6.92 Å². The predicted molar refractivity (Wildman–Crippen MR) is 65.0 cm³/mol. The Labute approximate surface area is 102 Å².